The summed E-state index contributed by atoms with van der Waals surface area (Å²) in [6.07, 6.45) is 57.1. The maximum absolute atomic E-state index is 13.5. The van der Waals surface area contributed by atoms with Crippen LogP contribution in [0.5, 0.6) is 0 Å². The molecule has 0 heterocycles. The van der Waals surface area contributed by atoms with Gasteiger partial charge in [-0.05, 0) is 57.4 Å². The van der Waals surface area contributed by atoms with Gasteiger partial charge in [-0.15, -0.1) is 0 Å². The van der Waals surface area contributed by atoms with E-state index in [1.54, 1.807) is 0 Å². The second-order valence-corrected chi connectivity index (χ2v) is 22.9. The molecule has 3 atom stereocenters. The third kappa shape index (κ3) is 51.2. The molecule has 0 fully saturated rings. The van der Waals surface area contributed by atoms with E-state index in [2.05, 4.69) is 38.2 Å². The Bertz CT molecular complexity index is 1240. The van der Waals surface area contributed by atoms with Gasteiger partial charge in [-0.1, -0.05) is 244 Å². The number of phosphoric acid groups is 1. The molecule has 0 saturated heterocycles. The molecule has 69 heavy (non-hydrogen) atoms. The summed E-state index contributed by atoms with van der Waals surface area (Å²) < 4.78 is 30.2. The number of carbonyl (C=O) groups is 2. The monoisotopic (exact) mass is 995 g/mol. The van der Waals surface area contributed by atoms with E-state index in [1.807, 2.05) is 33.3 Å². The van der Waals surface area contributed by atoms with Crippen LogP contribution in [-0.2, 0) is 27.9 Å². The van der Waals surface area contributed by atoms with Crippen LogP contribution in [0.4, 0.5) is 0 Å². The molecule has 0 radical (unpaired) electrons. The number of unbranched alkanes of at least 4 members (excludes halogenated alkanes) is 36. The van der Waals surface area contributed by atoms with E-state index in [-0.39, 0.29) is 31.5 Å². The number of hydrogen-bond donors (Lipinski definition) is 1. The lowest BCUT2D eigenvalue weighted by molar-refractivity contribution is -0.870. The van der Waals surface area contributed by atoms with Gasteiger partial charge in [0, 0.05) is 12.8 Å². The summed E-state index contributed by atoms with van der Waals surface area (Å²) in [4.78, 5) is 39.8. The van der Waals surface area contributed by atoms with Crippen LogP contribution in [0.15, 0.2) is 24.3 Å². The van der Waals surface area contributed by atoms with Gasteiger partial charge in [0.2, 0.25) is 5.91 Å². The van der Waals surface area contributed by atoms with Gasteiger partial charge in [-0.2, -0.15) is 0 Å². The summed E-state index contributed by atoms with van der Waals surface area (Å²) in [5.41, 5.74) is 0. The molecular formula is C59H115N2O7P. The molecule has 0 aliphatic carbocycles. The molecule has 0 rings (SSSR count). The van der Waals surface area contributed by atoms with Gasteiger partial charge >= 0.3 is 5.97 Å². The maximum atomic E-state index is 13.5. The summed E-state index contributed by atoms with van der Waals surface area (Å²) >= 11 is 0. The predicted molar refractivity (Wildman–Crippen MR) is 293 cm³/mol. The van der Waals surface area contributed by atoms with Gasteiger partial charge in [0.15, 0.2) is 0 Å². The van der Waals surface area contributed by atoms with Crippen LogP contribution in [0.25, 0.3) is 0 Å². The van der Waals surface area contributed by atoms with Crippen molar-refractivity contribution >= 4 is 19.7 Å². The summed E-state index contributed by atoms with van der Waals surface area (Å²) in [5, 5.41) is 3.03. The molecule has 0 aliphatic heterocycles. The number of nitrogens with zero attached hydrogens (tertiary/aromatic N) is 1. The van der Waals surface area contributed by atoms with E-state index < -0.39 is 20.0 Å². The molecular weight excluding hydrogens is 880 g/mol. The van der Waals surface area contributed by atoms with Crippen molar-refractivity contribution in [3.63, 3.8) is 0 Å². The second-order valence-electron chi connectivity index (χ2n) is 21.5. The topological polar surface area (TPSA) is 114 Å². The Morgan fingerprint density at radius 1 is 0.493 bits per heavy atom. The lowest BCUT2D eigenvalue weighted by Crippen LogP contribution is -2.47. The highest BCUT2D eigenvalue weighted by molar-refractivity contribution is 7.45. The zero-order valence-corrected chi connectivity index (χ0v) is 47.4. The van der Waals surface area contributed by atoms with Crippen molar-refractivity contribution in [3.05, 3.63) is 24.3 Å². The molecule has 1 amide bonds. The molecule has 0 aromatic carbocycles. The molecule has 3 unspecified atom stereocenters. The number of esters is 1. The summed E-state index contributed by atoms with van der Waals surface area (Å²) in [6.45, 7) is 6.86. The largest absolute Gasteiger partial charge is 0.756 e. The zero-order chi connectivity index (χ0) is 50.8. The van der Waals surface area contributed by atoms with Crippen LogP contribution in [0, 0.1) is 0 Å². The minimum absolute atomic E-state index is 0.0194. The Labute approximate surface area is 428 Å². The number of carbonyl (C=O) groups excluding carboxylic acids is 2. The van der Waals surface area contributed by atoms with Crippen molar-refractivity contribution in [2.75, 3.05) is 40.9 Å². The maximum Gasteiger partial charge on any atom is 0.306 e. The first-order valence-electron chi connectivity index (χ1n) is 29.6. The number of rotatable bonds is 54. The first-order chi connectivity index (χ1) is 33.4. The van der Waals surface area contributed by atoms with Crippen LogP contribution >= 0.6 is 7.82 Å². The highest BCUT2D eigenvalue weighted by Gasteiger charge is 2.27. The molecule has 10 heteroatoms. The van der Waals surface area contributed by atoms with Crippen LogP contribution < -0.4 is 10.2 Å². The first-order valence-corrected chi connectivity index (χ1v) is 31.1. The normalized spacial score (nSPS) is 13.9. The lowest BCUT2D eigenvalue weighted by atomic mass is 10.0. The van der Waals surface area contributed by atoms with Crippen molar-refractivity contribution < 1.29 is 37.3 Å². The summed E-state index contributed by atoms with van der Waals surface area (Å²) in [6, 6.07) is -0.882. The average molecular weight is 996 g/mol. The number of ether oxygens (including phenoxy) is 1. The number of hydrogen-bond acceptors (Lipinski definition) is 7. The molecule has 0 saturated carbocycles. The number of nitrogens with one attached hydrogen (secondary N) is 1. The highest BCUT2D eigenvalue weighted by Crippen LogP contribution is 2.38. The number of quaternary nitrogens is 1. The van der Waals surface area contributed by atoms with E-state index in [1.165, 1.54) is 199 Å². The van der Waals surface area contributed by atoms with E-state index >= 15 is 0 Å². The standard InChI is InChI=1S/C59H115N2O7P/c1-7-10-13-16-19-22-25-27-28-29-30-31-32-34-36-39-42-45-48-51-58(62)60-56(55-67-69(64,65)66-54-53-61(4,5)6)57(50-47-44-41-38-35-24-21-18-15-12-9-3)68-59(63)52-49-46-43-40-37-33-26-23-20-17-14-11-8-2/h27-28,47,50,56-57H,7-26,29-46,48-49,51-55H2,1-6H3,(H-,60,62,64,65)/b28-27+,50-47-. The van der Waals surface area contributed by atoms with Crippen molar-refractivity contribution in [2.24, 2.45) is 0 Å². The SMILES string of the molecule is CCCCCCCC/C=C/CCCCCCCCCCCC(=O)NC(COP(=O)([O-])OCC[N+](C)(C)C)C(/C=C\CCCCCCCCCCC)OC(=O)CCCCCCCCCCCCCCC. The first kappa shape index (κ1) is 67.5. The van der Waals surface area contributed by atoms with Crippen molar-refractivity contribution in [3.8, 4) is 0 Å². The molecule has 0 aromatic rings. The van der Waals surface area contributed by atoms with Gasteiger partial charge in [0.05, 0.1) is 33.8 Å². The van der Waals surface area contributed by atoms with Gasteiger partial charge < -0.3 is 28.5 Å². The van der Waals surface area contributed by atoms with Gasteiger partial charge in [0.25, 0.3) is 7.82 Å². The van der Waals surface area contributed by atoms with Gasteiger partial charge in [-0.3, -0.25) is 14.2 Å². The number of amides is 1. The van der Waals surface area contributed by atoms with Crippen LogP contribution in [-0.4, -0.2) is 69.4 Å². The summed E-state index contributed by atoms with van der Waals surface area (Å²) in [7, 11) is 1.20. The molecule has 408 valence electrons. The Hall–Kier alpha value is -1.51. The van der Waals surface area contributed by atoms with Crippen LogP contribution in [0.1, 0.15) is 290 Å². The molecule has 0 bridgehead atoms. The van der Waals surface area contributed by atoms with E-state index in [9.17, 15) is 19.0 Å². The number of phosphoric ester groups is 1. The fourth-order valence-electron chi connectivity index (χ4n) is 8.75. The van der Waals surface area contributed by atoms with E-state index in [0.717, 1.165) is 57.8 Å². The lowest BCUT2D eigenvalue weighted by Gasteiger charge is -2.30. The Morgan fingerprint density at radius 2 is 0.841 bits per heavy atom. The Balaban J connectivity index is 5.22. The second kappa shape index (κ2) is 50.0. The smallest absolute Gasteiger partial charge is 0.306 e. The van der Waals surface area contributed by atoms with E-state index in [4.69, 9.17) is 13.8 Å². The number of likely N-dealkylation sites (N-methyl/N-ethyl adjacent to an activating group) is 1. The predicted octanol–water partition coefficient (Wildman–Crippen LogP) is 17.1. The fraction of sp³-hybridized carbons (Fsp3) is 0.898. The van der Waals surface area contributed by atoms with Crippen molar-refractivity contribution in [1.29, 1.82) is 0 Å². The van der Waals surface area contributed by atoms with Gasteiger partial charge in [0.1, 0.15) is 19.3 Å². The molecule has 0 aliphatic rings. The van der Waals surface area contributed by atoms with Crippen molar-refractivity contribution in [2.45, 2.75) is 303 Å². The summed E-state index contributed by atoms with van der Waals surface area (Å²) in [5.74, 6) is -0.531. The average Bonchev–Trinajstić information content (AvgIpc) is 3.31. The zero-order valence-electron chi connectivity index (χ0n) is 46.5. The quantitative estimate of drug-likeness (QED) is 0.0212. The molecule has 0 aromatic heterocycles. The van der Waals surface area contributed by atoms with Crippen LogP contribution in [0.2, 0.25) is 0 Å². The third-order valence-electron chi connectivity index (χ3n) is 13.4. The van der Waals surface area contributed by atoms with Crippen LogP contribution in [0.3, 0.4) is 0 Å². The fourth-order valence-corrected chi connectivity index (χ4v) is 9.48. The van der Waals surface area contributed by atoms with Crippen molar-refractivity contribution in [1.82, 2.24) is 5.32 Å². The third-order valence-corrected chi connectivity index (χ3v) is 14.3. The molecule has 0 spiro atoms. The highest BCUT2D eigenvalue weighted by atomic mass is 31.2. The number of allylic oxidation sites excluding steroid dienone is 3. The minimum Gasteiger partial charge on any atom is -0.756 e. The Kier molecular flexibility index (Phi) is 48.9. The van der Waals surface area contributed by atoms with E-state index in [0.29, 0.717) is 17.4 Å². The van der Waals surface area contributed by atoms with Gasteiger partial charge in [-0.25, -0.2) is 0 Å². The molecule has 1 N–H and O–H groups in total. The molecule has 9 nitrogen and oxygen atoms in total. The Morgan fingerprint density at radius 3 is 1.23 bits per heavy atom. The minimum atomic E-state index is -4.69.